The molecular weight excluding hydrogens is 431 g/mol. The lowest BCUT2D eigenvalue weighted by Gasteiger charge is -2.37. The molecule has 8 heteroatoms. The Kier molecular flexibility index (Phi) is 9.47. The van der Waals surface area contributed by atoms with E-state index in [9.17, 15) is 14.3 Å². The van der Waals surface area contributed by atoms with E-state index in [0.717, 1.165) is 18.4 Å². The third kappa shape index (κ3) is 6.75. The molecule has 32 heavy (non-hydrogen) atoms. The highest BCUT2D eigenvalue weighted by Gasteiger charge is 2.33. The topological polar surface area (TPSA) is 62.2 Å². The molecular formula is C24H33FN2O4S. The average molecular weight is 465 g/mol. The van der Waals surface area contributed by atoms with Gasteiger partial charge in [-0.05, 0) is 48.4 Å². The first-order valence-electron chi connectivity index (χ1n) is 11.1. The summed E-state index contributed by atoms with van der Waals surface area (Å²) in [5.74, 6) is 0.110. The SMILES string of the molecule is CC[C@H](O)CN(CCCOC)CC(=O)N1CCc2sccc2[C@H]1COc1cccc(F)c1. The number of rotatable bonds is 12. The van der Waals surface area contributed by atoms with Crippen molar-refractivity contribution < 1.29 is 23.8 Å². The number of carbonyl (C=O) groups excluding carboxylic acids is 1. The van der Waals surface area contributed by atoms with Crippen LogP contribution in [0.4, 0.5) is 4.39 Å². The summed E-state index contributed by atoms with van der Waals surface area (Å²) in [6.07, 6.45) is 1.78. The van der Waals surface area contributed by atoms with Crippen LogP contribution in [0.25, 0.3) is 0 Å². The smallest absolute Gasteiger partial charge is 0.237 e. The summed E-state index contributed by atoms with van der Waals surface area (Å²) in [7, 11) is 1.66. The molecule has 1 aromatic heterocycles. The van der Waals surface area contributed by atoms with E-state index < -0.39 is 6.10 Å². The van der Waals surface area contributed by atoms with E-state index in [-0.39, 0.29) is 30.9 Å². The molecule has 0 radical (unpaired) electrons. The van der Waals surface area contributed by atoms with Crippen molar-refractivity contribution >= 4 is 17.2 Å². The summed E-state index contributed by atoms with van der Waals surface area (Å²) in [6, 6.07) is 7.89. The number of thiophene rings is 1. The van der Waals surface area contributed by atoms with Crippen molar-refractivity contribution in [1.29, 1.82) is 0 Å². The van der Waals surface area contributed by atoms with E-state index in [1.165, 1.54) is 17.0 Å². The van der Waals surface area contributed by atoms with Gasteiger partial charge >= 0.3 is 0 Å². The Morgan fingerprint density at radius 1 is 1.41 bits per heavy atom. The summed E-state index contributed by atoms with van der Waals surface area (Å²) in [4.78, 5) is 18.5. The van der Waals surface area contributed by atoms with E-state index in [2.05, 4.69) is 6.07 Å². The number of ether oxygens (including phenoxy) is 2. The highest BCUT2D eigenvalue weighted by atomic mass is 32.1. The molecule has 176 valence electrons. The predicted octanol–water partition coefficient (Wildman–Crippen LogP) is 3.50. The molecule has 2 heterocycles. The van der Waals surface area contributed by atoms with Crippen LogP contribution in [-0.2, 0) is 16.0 Å². The molecule has 0 saturated carbocycles. The lowest BCUT2D eigenvalue weighted by molar-refractivity contribution is -0.136. The predicted molar refractivity (Wildman–Crippen MR) is 124 cm³/mol. The minimum absolute atomic E-state index is 0.00964. The number of nitrogens with zero attached hydrogens (tertiary/aromatic N) is 2. The minimum Gasteiger partial charge on any atom is -0.491 e. The zero-order chi connectivity index (χ0) is 22.9. The first-order valence-corrected chi connectivity index (χ1v) is 12.0. The van der Waals surface area contributed by atoms with E-state index in [1.54, 1.807) is 30.6 Å². The Morgan fingerprint density at radius 3 is 3.00 bits per heavy atom. The summed E-state index contributed by atoms with van der Waals surface area (Å²) in [5.41, 5.74) is 1.10. The molecule has 1 amide bonds. The molecule has 1 aliphatic rings. The summed E-state index contributed by atoms with van der Waals surface area (Å²) in [5, 5.41) is 12.2. The Hall–Kier alpha value is -2.00. The van der Waals surface area contributed by atoms with Gasteiger partial charge in [-0.3, -0.25) is 9.69 Å². The highest BCUT2D eigenvalue weighted by molar-refractivity contribution is 7.10. The lowest BCUT2D eigenvalue weighted by Crippen LogP contribution is -2.48. The van der Waals surface area contributed by atoms with E-state index in [1.807, 2.05) is 22.1 Å². The fourth-order valence-electron chi connectivity index (χ4n) is 3.98. The average Bonchev–Trinajstić information content (AvgIpc) is 3.26. The number of halogens is 1. The Bertz CT molecular complexity index is 862. The minimum atomic E-state index is -0.470. The van der Waals surface area contributed by atoms with Gasteiger partial charge in [0.05, 0.1) is 18.7 Å². The fraction of sp³-hybridized carbons (Fsp3) is 0.542. The maximum Gasteiger partial charge on any atom is 0.237 e. The number of hydrogen-bond acceptors (Lipinski definition) is 6. The molecule has 2 aromatic rings. The van der Waals surface area contributed by atoms with Crippen LogP contribution >= 0.6 is 11.3 Å². The van der Waals surface area contributed by atoms with Crippen LogP contribution < -0.4 is 4.74 Å². The van der Waals surface area contributed by atoms with Gasteiger partial charge in [-0.15, -0.1) is 11.3 Å². The number of methoxy groups -OCH3 is 1. The number of amides is 1. The van der Waals surface area contributed by atoms with Gasteiger partial charge in [0.1, 0.15) is 18.2 Å². The van der Waals surface area contributed by atoms with Crippen molar-refractivity contribution in [3.63, 3.8) is 0 Å². The van der Waals surface area contributed by atoms with Crippen molar-refractivity contribution in [2.75, 3.05) is 46.5 Å². The van der Waals surface area contributed by atoms with E-state index in [4.69, 9.17) is 9.47 Å². The Labute approximate surface area is 193 Å². The van der Waals surface area contributed by atoms with Gasteiger partial charge in [-0.2, -0.15) is 0 Å². The molecule has 0 aliphatic carbocycles. The van der Waals surface area contributed by atoms with Crippen LogP contribution in [0.5, 0.6) is 5.75 Å². The van der Waals surface area contributed by atoms with Gasteiger partial charge < -0.3 is 19.5 Å². The largest absolute Gasteiger partial charge is 0.491 e. The first-order chi connectivity index (χ1) is 15.5. The van der Waals surface area contributed by atoms with Crippen molar-refractivity contribution in [3.05, 3.63) is 52.0 Å². The van der Waals surface area contributed by atoms with Crippen LogP contribution in [-0.4, -0.2) is 73.4 Å². The van der Waals surface area contributed by atoms with Gasteiger partial charge in [-0.1, -0.05) is 13.0 Å². The molecule has 2 atom stereocenters. The maximum atomic E-state index is 13.6. The fourth-order valence-corrected chi connectivity index (χ4v) is 4.91. The summed E-state index contributed by atoms with van der Waals surface area (Å²) >= 11 is 1.69. The number of aliphatic hydroxyl groups is 1. The molecule has 3 rings (SSSR count). The number of carbonyl (C=O) groups is 1. The van der Waals surface area contributed by atoms with Crippen molar-refractivity contribution in [2.24, 2.45) is 0 Å². The third-order valence-corrected chi connectivity index (χ3v) is 6.74. The normalized spacial score (nSPS) is 16.8. The number of benzene rings is 1. The lowest BCUT2D eigenvalue weighted by atomic mass is 10.0. The number of hydrogen-bond donors (Lipinski definition) is 1. The molecule has 0 fully saturated rings. The zero-order valence-corrected chi connectivity index (χ0v) is 19.7. The second-order valence-electron chi connectivity index (χ2n) is 8.06. The Morgan fingerprint density at radius 2 is 2.25 bits per heavy atom. The first kappa shape index (κ1) is 24.6. The monoisotopic (exact) mass is 464 g/mol. The molecule has 6 nitrogen and oxygen atoms in total. The van der Waals surface area contributed by atoms with Crippen molar-refractivity contribution in [1.82, 2.24) is 9.80 Å². The van der Waals surface area contributed by atoms with Crippen molar-refractivity contribution in [2.45, 2.75) is 38.3 Å². The molecule has 0 spiro atoms. The molecule has 0 saturated heterocycles. The summed E-state index contributed by atoms with van der Waals surface area (Å²) in [6.45, 7) is 4.79. The van der Waals surface area contributed by atoms with Gasteiger partial charge in [-0.25, -0.2) is 4.39 Å². The van der Waals surface area contributed by atoms with Gasteiger partial charge in [0.25, 0.3) is 0 Å². The van der Waals surface area contributed by atoms with Crippen molar-refractivity contribution in [3.8, 4) is 5.75 Å². The molecule has 0 bridgehead atoms. The van der Waals surface area contributed by atoms with Gasteiger partial charge in [0, 0.05) is 44.3 Å². The number of fused-ring (bicyclic) bond motifs is 1. The van der Waals surface area contributed by atoms with Gasteiger partial charge in [0.2, 0.25) is 5.91 Å². The van der Waals surface area contributed by atoms with Crippen LogP contribution in [0.15, 0.2) is 35.7 Å². The quantitative estimate of drug-likeness (QED) is 0.487. The summed E-state index contributed by atoms with van der Waals surface area (Å²) < 4.78 is 24.6. The van der Waals surface area contributed by atoms with Crippen LogP contribution in [0.1, 0.15) is 36.2 Å². The van der Waals surface area contributed by atoms with E-state index in [0.29, 0.717) is 38.4 Å². The molecule has 1 aromatic carbocycles. The highest BCUT2D eigenvalue weighted by Crippen LogP contribution is 2.34. The Balaban J connectivity index is 1.71. The third-order valence-electron chi connectivity index (χ3n) is 5.74. The van der Waals surface area contributed by atoms with Crippen LogP contribution in [0.2, 0.25) is 0 Å². The standard InChI is InChI=1S/C24H33FN2O4S/c1-3-19(28)15-26(10-5-12-30-2)16-24(29)27-11-8-23-21(9-13-32-23)22(27)17-31-20-7-4-6-18(25)14-20/h4,6-7,9,13-14,19,22,28H,3,5,8,10-12,15-17H2,1-2H3/t19-,22+/m0/s1. The number of aliphatic hydroxyl groups excluding tert-OH is 1. The molecule has 0 unspecified atom stereocenters. The molecule has 1 N–H and O–H groups in total. The van der Waals surface area contributed by atoms with E-state index >= 15 is 0 Å². The van der Waals surface area contributed by atoms with Crippen LogP contribution in [0.3, 0.4) is 0 Å². The van der Waals surface area contributed by atoms with Gasteiger partial charge in [0.15, 0.2) is 0 Å². The molecule has 1 aliphatic heterocycles. The zero-order valence-electron chi connectivity index (χ0n) is 18.8. The second-order valence-corrected chi connectivity index (χ2v) is 9.06. The second kappa shape index (κ2) is 12.3. The maximum absolute atomic E-state index is 13.6. The van der Waals surface area contributed by atoms with Crippen LogP contribution in [0, 0.1) is 5.82 Å².